The Balaban J connectivity index is 2.09. The summed E-state index contributed by atoms with van der Waals surface area (Å²) in [5, 5.41) is 3.42. The lowest BCUT2D eigenvalue weighted by Gasteiger charge is -2.20. The Morgan fingerprint density at radius 1 is 1.14 bits per heavy atom. The molecule has 0 unspecified atom stereocenters. The largest absolute Gasteiger partial charge is 0.494 e. The van der Waals surface area contributed by atoms with E-state index in [1.54, 1.807) is 0 Å². The lowest BCUT2D eigenvalue weighted by molar-refractivity contribution is 0.340. The monoisotopic (exact) mass is 285 g/mol. The van der Waals surface area contributed by atoms with E-state index >= 15 is 0 Å². The van der Waals surface area contributed by atoms with Gasteiger partial charge in [0, 0.05) is 35.6 Å². The van der Waals surface area contributed by atoms with Crippen LogP contribution in [0.2, 0.25) is 0 Å². The lowest BCUT2D eigenvalue weighted by Crippen LogP contribution is -2.35. The van der Waals surface area contributed by atoms with Crippen molar-refractivity contribution in [2.24, 2.45) is 0 Å². The Labute approximate surface area is 126 Å². The van der Waals surface area contributed by atoms with Crippen molar-refractivity contribution in [1.29, 1.82) is 0 Å². The second-order valence-electron chi connectivity index (χ2n) is 5.98. The standard InChI is InChI=1S/C17H23N3O/c1-5-21-15-8-6-7-14(9-15)16-18-10-13(11-19-16)12-20-17(2,3)4/h6-11,20H,5,12H2,1-4H3. The van der Waals surface area contributed by atoms with E-state index in [0.717, 1.165) is 29.2 Å². The minimum Gasteiger partial charge on any atom is -0.494 e. The SMILES string of the molecule is CCOc1cccc(-c2ncc(CNC(C)(C)C)cn2)c1. The number of ether oxygens (including phenoxy) is 1. The molecule has 1 N–H and O–H groups in total. The van der Waals surface area contributed by atoms with Gasteiger partial charge >= 0.3 is 0 Å². The summed E-state index contributed by atoms with van der Waals surface area (Å²) in [6.07, 6.45) is 3.74. The molecule has 0 aliphatic rings. The van der Waals surface area contributed by atoms with E-state index in [4.69, 9.17) is 4.74 Å². The van der Waals surface area contributed by atoms with Crippen LogP contribution in [-0.4, -0.2) is 22.1 Å². The van der Waals surface area contributed by atoms with E-state index in [1.807, 2.05) is 43.6 Å². The van der Waals surface area contributed by atoms with Crippen LogP contribution < -0.4 is 10.1 Å². The maximum Gasteiger partial charge on any atom is 0.159 e. The summed E-state index contributed by atoms with van der Waals surface area (Å²) in [6, 6.07) is 7.85. The molecule has 1 aromatic heterocycles. The van der Waals surface area contributed by atoms with E-state index in [0.29, 0.717) is 6.61 Å². The first-order valence-corrected chi connectivity index (χ1v) is 7.27. The number of nitrogens with one attached hydrogen (secondary N) is 1. The van der Waals surface area contributed by atoms with Gasteiger partial charge < -0.3 is 10.1 Å². The molecule has 0 aliphatic carbocycles. The smallest absolute Gasteiger partial charge is 0.159 e. The molecule has 0 atom stereocenters. The second kappa shape index (κ2) is 6.68. The first-order valence-electron chi connectivity index (χ1n) is 7.27. The van der Waals surface area contributed by atoms with E-state index in [-0.39, 0.29) is 5.54 Å². The van der Waals surface area contributed by atoms with Gasteiger partial charge in [-0.1, -0.05) is 12.1 Å². The summed E-state index contributed by atoms with van der Waals surface area (Å²) < 4.78 is 5.50. The molecule has 4 heteroatoms. The van der Waals surface area contributed by atoms with Crippen LogP contribution >= 0.6 is 0 Å². The summed E-state index contributed by atoms with van der Waals surface area (Å²) in [4.78, 5) is 8.89. The third-order valence-corrected chi connectivity index (χ3v) is 2.93. The first kappa shape index (κ1) is 15.4. The van der Waals surface area contributed by atoms with Crippen molar-refractivity contribution < 1.29 is 4.74 Å². The molecule has 21 heavy (non-hydrogen) atoms. The highest BCUT2D eigenvalue weighted by molar-refractivity contribution is 5.57. The van der Waals surface area contributed by atoms with Crippen LogP contribution in [0.15, 0.2) is 36.7 Å². The van der Waals surface area contributed by atoms with E-state index in [2.05, 4.69) is 36.1 Å². The summed E-state index contributed by atoms with van der Waals surface area (Å²) in [6.45, 7) is 9.81. The van der Waals surface area contributed by atoms with Crippen LogP contribution in [0, 0.1) is 0 Å². The number of hydrogen-bond acceptors (Lipinski definition) is 4. The molecular formula is C17H23N3O. The van der Waals surface area contributed by atoms with Crippen LogP contribution in [0.25, 0.3) is 11.4 Å². The Morgan fingerprint density at radius 3 is 2.48 bits per heavy atom. The molecule has 2 aromatic rings. The highest BCUT2D eigenvalue weighted by atomic mass is 16.5. The Bertz CT molecular complexity index is 573. The van der Waals surface area contributed by atoms with Crippen LogP contribution in [0.3, 0.4) is 0 Å². The highest BCUT2D eigenvalue weighted by Crippen LogP contribution is 2.20. The molecule has 0 spiro atoms. The van der Waals surface area contributed by atoms with Gasteiger partial charge in [0.25, 0.3) is 0 Å². The summed E-state index contributed by atoms with van der Waals surface area (Å²) in [5.74, 6) is 1.56. The number of rotatable bonds is 5. The minimum atomic E-state index is 0.0878. The van der Waals surface area contributed by atoms with Crippen molar-refractivity contribution in [3.63, 3.8) is 0 Å². The van der Waals surface area contributed by atoms with Gasteiger partial charge in [-0.2, -0.15) is 0 Å². The lowest BCUT2D eigenvalue weighted by atomic mass is 10.1. The van der Waals surface area contributed by atoms with E-state index < -0.39 is 0 Å². The molecule has 1 aromatic carbocycles. The maximum atomic E-state index is 5.50. The second-order valence-corrected chi connectivity index (χ2v) is 5.98. The van der Waals surface area contributed by atoms with Gasteiger partial charge in [0.15, 0.2) is 5.82 Å². The van der Waals surface area contributed by atoms with Gasteiger partial charge in [0.2, 0.25) is 0 Å². The zero-order valence-corrected chi connectivity index (χ0v) is 13.2. The zero-order valence-electron chi connectivity index (χ0n) is 13.2. The van der Waals surface area contributed by atoms with Gasteiger partial charge in [-0.05, 0) is 39.8 Å². The number of aromatic nitrogens is 2. The molecule has 4 nitrogen and oxygen atoms in total. The van der Waals surface area contributed by atoms with Crippen molar-refractivity contribution in [2.75, 3.05) is 6.61 Å². The molecular weight excluding hydrogens is 262 g/mol. The van der Waals surface area contributed by atoms with Crippen LogP contribution in [-0.2, 0) is 6.54 Å². The van der Waals surface area contributed by atoms with Crippen molar-refractivity contribution in [3.05, 3.63) is 42.2 Å². The predicted molar refractivity (Wildman–Crippen MR) is 85.2 cm³/mol. The number of nitrogens with zero attached hydrogens (tertiary/aromatic N) is 2. The van der Waals surface area contributed by atoms with Gasteiger partial charge in [-0.25, -0.2) is 9.97 Å². The van der Waals surface area contributed by atoms with Crippen molar-refractivity contribution in [1.82, 2.24) is 15.3 Å². The molecule has 0 bridgehead atoms. The number of benzene rings is 1. The topological polar surface area (TPSA) is 47.0 Å². The number of hydrogen-bond donors (Lipinski definition) is 1. The third-order valence-electron chi connectivity index (χ3n) is 2.93. The molecule has 1 heterocycles. The summed E-state index contributed by atoms with van der Waals surface area (Å²) in [7, 11) is 0. The Hall–Kier alpha value is -1.94. The molecule has 112 valence electrons. The van der Waals surface area contributed by atoms with Crippen molar-refractivity contribution >= 4 is 0 Å². The molecule has 0 saturated heterocycles. The van der Waals surface area contributed by atoms with E-state index in [9.17, 15) is 0 Å². The quantitative estimate of drug-likeness (QED) is 0.914. The fourth-order valence-electron chi connectivity index (χ4n) is 1.85. The average molecular weight is 285 g/mol. The summed E-state index contributed by atoms with van der Waals surface area (Å²) >= 11 is 0. The first-order chi connectivity index (χ1) is 9.98. The predicted octanol–water partition coefficient (Wildman–Crippen LogP) is 3.43. The van der Waals surface area contributed by atoms with Crippen LogP contribution in [0.4, 0.5) is 0 Å². The Kier molecular flexibility index (Phi) is 4.91. The van der Waals surface area contributed by atoms with Crippen LogP contribution in [0.1, 0.15) is 33.3 Å². The summed E-state index contributed by atoms with van der Waals surface area (Å²) in [5.41, 5.74) is 2.13. The van der Waals surface area contributed by atoms with Gasteiger partial charge in [-0.15, -0.1) is 0 Å². The fraction of sp³-hybridized carbons (Fsp3) is 0.412. The van der Waals surface area contributed by atoms with Crippen molar-refractivity contribution in [2.45, 2.75) is 39.8 Å². The average Bonchev–Trinajstić information content (AvgIpc) is 2.46. The zero-order chi connectivity index (χ0) is 15.3. The Morgan fingerprint density at radius 2 is 1.86 bits per heavy atom. The molecule has 0 aliphatic heterocycles. The van der Waals surface area contributed by atoms with Crippen molar-refractivity contribution in [3.8, 4) is 17.1 Å². The minimum absolute atomic E-state index is 0.0878. The van der Waals surface area contributed by atoms with E-state index in [1.165, 1.54) is 0 Å². The third kappa shape index (κ3) is 4.83. The van der Waals surface area contributed by atoms with Gasteiger partial charge in [0.1, 0.15) is 5.75 Å². The van der Waals surface area contributed by atoms with Gasteiger partial charge in [0.05, 0.1) is 6.61 Å². The normalized spacial score (nSPS) is 11.4. The molecule has 0 amide bonds. The molecule has 0 radical (unpaired) electrons. The maximum absolute atomic E-state index is 5.50. The molecule has 2 rings (SSSR count). The highest BCUT2D eigenvalue weighted by Gasteiger charge is 2.09. The fourth-order valence-corrected chi connectivity index (χ4v) is 1.85. The van der Waals surface area contributed by atoms with Crippen LogP contribution in [0.5, 0.6) is 5.75 Å². The molecule has 0 fully saturated rings. The molecule has 0 saturated carbocycles. The van der Waals surface area contributed by atoms with Gasteiger partial charge in [-0.3, -0.25) is 0 Å².